The minimum atomic E-state index is -0.111. The van der Waals surface area contributed by atoms with Crippen molar-refractivity contribution in [3.8, 4) is 0 Å². The molecule has 8 nitrogen and oxygen atoms in total. The van der Waals surface area contributed by atoms with Crippen molar-refractivity contribution in [1.29, 1.82) is 0 Å². The molecule has 1 aliphatic rings. The molecule has 1 atom stereocenters. The predicted octanol–water partition coefficient (Wildman–Crippen LogP) is 1.29. The molecule has 2 aromatic rings. The first kappa shape index (κ1) is 18.0. The van der Waals surface area contributed by atoms with E-state index in [1.807, 2.05) is 24.8 Å². The van der Waals surface area contributed by atoms with Crippen LogP contribution in [0.2, 0.25) is 0 Å². The Morgan fingerprint density at radius 2 is 2.12 bits per heavy atom. The zero-order valence-electron chi connectivity index (χ0n) is 15.4. The minimum Gasteiger partial charge on any atom is -0.351 e. The van der Waals surface area contributed by atoms with Crippen molar-refractivity contribution in [3.05, 3.63) is 41.2 Å². The van der Waals surface area contributed by atoms with Crippen LogP contribution in [0.1, 0.15) is 48.6 Å². The van der Waals surface area contributed by atoms with Gasteiger partial charge in [0.2, 0.25) is 11.8 Å². The Labute approximate surface area is 152 Å². The highest BCUT2D eigenvalue weighted by Crippen LogP contribution is 2.30. The van der Waals surface area contributed by atoms with Gasteiger partial charge in [-0.25, -0.2) is 0 Å². The average Bonchev–Trinajstić information content (AvgIpc) is 3.20. The maximum Gasteiger partial charge on any atom is 0.244 e. The number of hydrogen-bond donors (Lipinski definition) is 1. The van der Waals surface area contributed by atoms with Crippen LogP contribution in [0, 0.1) is 13.8 Å². The van der Waals surface area contributed by atoms with Gasteiger partial charge in [-0.3, -0.25) is 24.2 Å². The van der Waals surface area contributed by atoms with Crippen LogP contribution in [-0.2, 0) is 22.7 Å². The van der Waals surface area contributed by atoms with Gasteiger partial charge in [-0.05, 0) is 32.8 Å². The fraction of sp³-hybridized carbons (Fsp3) is 0.500. The zero-order chi connectivity index (χ0) is 18.7. The fourth-order valence-corrected chi connectivity index (χ4v) is 3.31. The van der Waals surface area contributed by atoms with Crippen LogP contribution in [0.3, 0.4) is 0 Å². The molecule has 1 aliphatic heterocycles. The van der Waals surface area contributed by atoms with E-state index < -0.39 is 0 Å². The zero-order valence-corrected chi connectivity index (χ0v) is 15.4. The summed E-state index contributed by atoms with van der Waals surface area (Å²) in [5.41, 5.74) is 3.34. The van der Waals surface area contributed by atoms with Crippen LogP contribution >= 0.6 is 0 Å². The van der Waals surface area contributed by atoms with E-state index in [1.165, 1.54) is 6.92 Å². The molecular formula is C18H24N6O2. The van der Waals surface area contributed by atoms with Crippen molar-refractivity contribution in [2.24, 2.45) is 0 Å². The van der Waals surface area contributed by atoms with Crippen molar-refractivity contribution >= 4 is 11.8 Å². The number of nitrogens with one attached hydrogen (secondary N) is 1. The van der Waals surface area contributed by atoms with Crippen molar-refractivity contribution in [2.45, 2.75) is 52.7 Å². The first-order chi connectivity index (χ1) is 12.4. The first-order valence-corrected chi connectivity index (χ1v) is 8.80. The van der Waals surface area contributed by atoms with E-state index in [-0.39, 0.29) is 24.4 Å². The van der Waals surface area contributed by atoms with Gasteiger partial charge >= 0.3 is 0 Å². The molecule has 0 aromatic carbocycles. The van der Waals surface area contributed by atoms with E-state index in [0.717, 1.165) is 29.9 Å². The number of carbonyl (C=O) groups is 2. The predicted molar refractivity (Wildman–Crippen MR) is 94.9 cm³/mol. The van der Waals surface area contributed by atoms with Crippen LogP contribution in [0.15, 0.2) is 18.5 Å². The lowest BCUT2D eigenvalue weighted by molar-refractivity contribution is -0.133. The summed E-state index contributed by atoms with van der Waals surface area (Å²) in [5.74, 6) is -0.0764. The normalized spacial score (nSPS) is 16.7. The molecule has 1 N–H and O–H groups in total. The van der Waals surface area contributed by atoms with E-state index >= 15 is 0 Å². The smallest absolute Gasteiger partial charge is 0.244 e. The number of hydrogen-bond acceptors (Lipinski definition) is 5. The van der Waals surface area contributed by atoms with Gasteiger partial charge in [-0.2, -0.15) is 5.10 Å². The minimum absolute atomic E-state index is 0.0350. The van der Waals surface area contributed by atoms with E-state index in [0.29, 0.717) is 18.8 Å². The van der Waals surface area contributed by atoms with Gasteiger partial charge in [0.15, 0.2) is 0 Å². The van der Waals surface area contributed by atoms with Crippen molar-refractivity contribution < 1.29 is 9.59 Å². The number of nitrogens with zero attached hydrogens (tertiary/aromatic N) is 5. The molecule has 0 unspecified atom stereocenters. The van der Waals surface area contributed by atoms with Gasteiger partial charge in [-0.15, -0.1) is 0 Å². The molecule has 0 saturated carbocycles. The van der Waals surface area contributed by atoms with E-state index in [4.69, 9.17) is 0 Å². The average molecular weight is 356 g/mol. The van der Waals surface area contributed by atoms with E-state index in [9.17, 15) is 9.59 Å². The molecule has 3 heterocycles. The highest BCUT2D eigenvalue weighted by Gasteiger charge is 2.31. The van der Waals surface area contributed by atoms with Gasteiger partial charge in [0.05, 0.1) is 42.1 Å². The summed E-state index contributed by atoms with van der Waals surface area (Å²) in [5, 5.41) is 7.10. The molecule has 0 radical (unpaired) electrons. The second-order valence-electron chi connectivity index (χ2n) is 6.67. The number of aryl methyl sites for hydroxylation is 2. The summed E-state index contributed by atoms with van der Waals surface area (Å²) in [6.07, 6.45) is 5.14. The highest BCUT2D eigenvalue weighted by atomic mass is 16.2. The Hall–Kier alpha value is -2.77. The van der Waals surface area contributed by atoms with Crippen LogP contribution < -0.4 is 5.32 Å². The van der Waals surface area contributed by atoms with Gasteiger partial charge in [-0.1, -0.05) is 0 Å². The number of aromatic nitrogens is 4. The van der Waals surface area contributed by atoms with E-state index in [2.05, 4.69) is 20.4 Å². The SMILES string of the molecule is CC(=O)NCc1cncc([C@H]2CCCN2C(=O)Cn2nc(C)cc2C)n1. The molecular weight excluding hydrogens is 332 g/mol. The first-order valence-electron chi connectivity index (χ1n) is 8.80. The standard InChI is InChI=1S/C18H24N6O2/c1-12-7-13(2)24(22-12)11-18(26)23-6-4-5-17(23)16-10-19-8-15(21-16)9-20-14(3)25/h7-8,10,17H,4-6,9,11H2,1-3H3,(H,20,25)/t17-/m1/s1. The van der Waals surface area contributed by atoms with E-state index in [1.54, 1.807) is 17.1 Å². The summed E-state index contributed by atoms with van der Waals surface area (Å²) in [6, 6.07) is 1.88. The Kier molecular flexibility index (Phi) is 5.29. The van der Waals surface area contributed by atoms with Crippen molar-refractivity contribution in [3.63, 3.8) is 0 Å². The van der Waals surface area contributed by atoms with Crippen LogP contribution in [-0.4, -0.2) is 43.0 Å². The maximum atomic E-state index is 12.8. The molecule has 0 spiro atoms. The van der Waals surface area contributed by atoms with Crippen molar-refractivity contribution in [1.82, 2.24) is 30.0 Å². The summed E-state index contributed by atoms with van der Waals surface area (Å²) in [4.78, 5) is 34.6. The molecule has 3 rings (SSSR count). The lowest BCUT2D eigenvalue weighted by Gasteiger charge is -2.24. The number of likely N-dealkylation sites (tertiary alicyclic amines) is 1. The lowest BCUT2D eigenvalue weighted by Crippen LogP contribution is -2.34. The highest BCUT2D eigenvalue weighted by molar-refractivity contribution is 5.76. The Balaban J connectivity index is 1.73. The third-order valence-electron chi connectivity index (χ3n) is 4.52. The maximum absolute atomic E-state index is 12.8. The summed E-state index contributed by atoms with van der Waals surface area (Å²) in [7, 11) is 0. The second kappa shape index (κ2) is 7.63. The summed E-state index contributed by atoms with van der Waals surface area (Å²) < 4.78 is 1.74. The van der Waals surface area contributed by atoms with Gasteiger partial charge in [0, 0.05) is 19.2 Å². The number of amides is 2. The monoisotopic (exact) mass is 356 g/mol. The fourth-order valence-electron chi connectivity index (χ4n) is 3.31. The molecule has 1 fully saturated rings. The molecule has 1 saturated heterocycles. The van der Waals surface area contributed by atoms with Gasteiger partial charge < -0.3 is 10.2 Å². The van der Waals surface area contributed by atoms with Gasteiger partial charge in [0.25, 0.3) is 0 Å². The molecule has 2 amide bonds. The lowest BCUT2D eigenvalue weighted by atomic mass is 10.1. The molecule has 0 bridgehead atoms. The van der Waals surface area contributed by atoms with Crippen LogP contribution in [0.25, 0.3) is 0 Å². The summed E-state index contributed by atoms with van der Waals surface area (Å²) >= 11 is 0. The summed E-state index contributed by atoms with van der Waals surface area (Å²) in [6.45, 7) is 6.61. The third kappa shape index (κ3) is 4.07. The molecule has 138 valence electrons. The second-order valence-corrected chi connectivity index (χ2v) is 6.67. The third-order valence-corrected chi connectivity index (χ3v) is 4.52. The number of carbonyl (C=O) groups excluding carboxylic acids is 2. The Morgan fingerprint density at radius 3 is 2.81 bits per heavy atom. The molecule has 2 aromatic heterocycles. The quantitative estimate of drug-likeness (QED) is 0.871. The molecule has 8 heteroatoms. The Morgan fingerprint density at radius 1 is 1.31 bits per heavy atom. The van der Waals surface area contributed by atoms with Crippen LogP contribution in [0.5, 0.6) is 0 Å². The van der Waals surface area contributed by atoms with Crippen LogP contribution in [0.4, 0.5) is 0 Å². The Bertz CT molecular complexity index is 816. The van der Waals surface area contributed by atoms with Crippen molar-refractivity contribution in [2.75, 3.05) is 6.54 Å². The number of rotatable bonds is 5. The largest absolute Gasteiger partial charge is 0.351 e. The molecule has 0 aliphatic carbocycles. The molecule has 26 heavy (non-hydrogen) atoms. The topological polar surface area (TPSA) is 93.0 Å². The van der Waals surface area contributed by atoms with Gasteiger partial charge in [0.1, 0.15) is 6.54 Å².